The van der Waals surface area contributed by atoms with Gasteiger partial charge in [0, 0.05) is 56.1 Å². The molecule has 0 amide bonds. The molecular weight excluding hydrogens is 580 g/mol. The molecule has 2 N–H and O–H groups in total. The summed E-state index contributed by atoms with van der Waals surface area (Å²) < 4.78 is 44.9. The summed E-state index contributed by atoms with van der Waals surface area (Å²) in [5.41, 5.74) is 3.91. The molecule has 10 heteroatoms. The molecule has 0 radical (unpaired) electrons. The van der Waals surface area contributed by atoms with Gasteiger partial charge < -0.3 is 48.1 Å². The summed E-state index contributed by atoms with van der Waals surface area (Å²) in [6, 6.07) is 7.88. The van der Waals surface area contributed by atoms with E-state index in [0.717, 1.165) is 11.1 Å². The van der Waals surface area contributed by atoms with Crippen LogP contribution in [0, 0.1) is 0 Å². The molecule has 0 aliphatic rings. The second kappa shape index (κ2) is 19.4. The Morgan fingerprint density at radius 2 is 0.711 bits per heavy atom. The molecule has 0 saturated heterocycles. The van der Waals surface area contributed by atoms with E-state index in [4.69, 9.17) is 37.9 Å². The van der Waals surface area contributed by atoms with E-state index in [0.29, 0.717) is 48.7 Å². The van der Waals surface area contributed by atoms with Crippen molar-refractivity contribution in [2.45, 2.75) is 97.8 Å². The maximum atomic E-state index is 11.3. The molecule has 0 bridgehead atoms. The summed E-state index contributed by atoms with van der Waals surface area (Å²) in [5, 5.41) is 22.6. The number of hydrogen-bond donors (Lipinski definition) is 2. The molecule has 0 aliphatic heterocycles. The Morgan fingerprint density at radius 1 is 0.489 bits per heavy atom. The zero-order valence-electron chi connectivity index (χ0n) is 28.9. The van der Waals surface area contributed by atoms with Gasteiger partial charge in [-0.3, -0.25) is 0 Å². The highest BCUT2D eigenvalue weighted by Crippen LogP contribution is 2.39. The lowest BCUT2D eigenvalue weighted by atomic mass is 9.76. The minimum Gasteiger partial charge on any atom is -0.507 e. The summed E-state index contributed by atoms with van der Waals surface area (Å²) in [6.07, 6.45) is -0.627. The zero-order chi connectivity index (χ0) is 33.6. The predicted molar refractivity (Wildman–Crippen MR) is 173 cm³/mol. The second-order valence-electron chi connectivity index (χ2n) is 12.2. The van der Waals surface area contributed by atoms with Crippen LogP contribution in [0.3, 0.4) is 0 Å². The molecule has 0 aromatic heterocycles. The number of ether oxygens (including phenoxy) is 8. The van der Waals surface area contributed by atoms with Gasteiger partial charge in [-0.05, 0) is 63.1 Å². The van der Waals surface area contributed by atoms with Crippen molar-refractivity contribution in [2.75, 3.05) is 54.9 Å². The maximum Gasteiger partial charge on any atom is 0.126 e. The van der Waals surface area contributed by atoms with Crippen molar-refractivity contribution in [3.63, 3.8) is 0 Å². The average Bonchev–Trinajstić information content (AvgIpc) is 2.99. The van der Waals surface area contributed by atoms with E-state index in [2.05, 4.69) is 13.8 Å². The molecule has 4 unspecified atom stereocenters. The highest BCUT2D eigenvalue weighted by Gasteiger charge is 2.28. The lowest BCUT2D eigenvalue weighted by Crippen LogP contribution is -2.22. The van der Waals surface area contributed by atoms with Crippen molar-refractivity contribution < 1.29 is 48.1 Å². The van der Waals surface area contributed by atoms with Crippen LogP contribution in [0.25, 0.3) is 0 Å². The fraction of sp³-hybridized carbons (Fsp3) is 0.657. The molecule has 10 nitrogen and oxygen atoms in total. The molecule has 0 spiro atoms. The molecule has 256 valence electrons. The van der Waals surface area contributed by atoms with Crippen molar-refractivity contribution in [1.29, 1.82) is 0 Å². The van der Waals surface area contributed by atoms with Crippen LogP contribution in [0.2, 0.25) is 0 Å². The molecule has 2 aromatic carbocycles. The minimum absolute atomic E-state index is 0.136. The van der Waals surface area contributed by atoms with Gasteiger partial charge in [-0.1, -0.05) is 13.8 Å². The molecular formula is C35H56O10. The van der Waals surface area contributed by atoms with Crippen LogP contribution in [-0.4, -0.2) is 89.5 Å². The first-order valence-corrected chi connectivity index (χ1v) is 15.5. The normalized spacial score (nSPS) is 14.8. The van der Waals surface area contributed by atoms with Crippen LogP contribution in [0.15, 0.2) is 24.3 Å². The number of aromatic hydroxyl groups is 2. The van der Waals surface area contributed by atoms with Gasteiger partial charge in [0.15, 0.2) is 0 Å². The van der Waals surface area contributed by atoms with E-state index in [1.807, 2.05) is 52.0 Å². The summed E-state index contributed by atoms with van der Waals surface area (Å²) in [7, 11) is 6.52. The van der Waals surface area contributed by atoms with Crippen LogP contribution in [0.4, 0.5) is 0 Å². The Labute approximate surface area is 269 Å². The van der Waals surface area contributed by atoms with Gasteiger partial charge in [-0.25, -0.2) is 0 Å². The smallest absolute Gasteiger partial charge is 0.126 e. The Bertz CT molecular complexity index is 990. The van der Waals surface area contributed by atoms with E-state index in [-0.39, 0.29) is 62.3 Å². The van der Waals surface area contributed by atoms with E-state index >= 15 is 0 Å². The van der Waals surface area contributed by atoms with E-state index < -0.39 is 5.41 Å². The Morgan fingerprint density at radius 3 is 0.911 bits per heavy atom. The second-order valence-corrected chi connectivity index (χ2v) is 12.2. The van der Waals surface area contributed by atoms with Crippen LogP contribution in [0.1, 0.15) is 74.9 Å². The first-order chi connectivity index (χ1) is 21.4. The van der Waals surface area contributed by atoms with E-state index in [9.17, 15) is 10.2 Å². The topological polar surface area (TPSA) is 114 Å². The van der Waals surface area contributed by atoms with E-state index in [1.54, 1.807) is 28.4 Å². The third-order valence-electron chi connectivity index (χ3n) is 7.68. The third-order valence-corrected chi connectivity index (χ3v) is 7.68. The highest BCUT2D eigenvalue weighted by atomic mass is 16.5. The average molecular weight is 637 g/mol. The zero-order valence-corrected chi connectivity index (χ0v) is 28.9. The number of phenols is 2. The molecule has 45 heavy (non-hydrogen) atoms. The van der Waals surface area contributed by atoms with Crippen molar-refractivity contribution in [3.05, 3.63) is 57.6 Å². The van der Waals surface area contributed by atoms with Gasteiger partial charge in [0.1, 0.15) is 11.5 Å². The predicted octanol–water partition coefficient (Wildman–Crippen LogP) is 5.63. The third kappa shape index (κ3) is 12.1. The lowest BCUT2D eigenvalue weighted by molar-refractivity contribution is -0.00340. The highest BCUT2D eigenvalue weighted by molar-refractivity contribution is 5.52. The quantitative estimate of drug-likeness (QED) is 0.169. The van der Waals surface area contributed by atoms with Crippen LogP contribution in [-0.2, 0) is 69.7 Å². The summed E-state index contributed by atoms with van der Waals surface area (Å²) >= 11 is 0. The molecule has 0 aliphatic carbocycles. The Hall–Kier alpha value is -2.28. The first kappa shape index (κ1) is 38.9. The fourth-order valence-corrected chi connectivity index (χ4v) is 4.91. The molecule has 2 aromatic rings. The Balaban J connectivity index is 2.59. The van der Waals surface area contributed by atoms with E-state index in [1.165, 1.54) is 0 Å². The summed E-state index contributed by atoms with van der Waals surface area (Å²) in [5.74, 6) is 0.272. The van der Waals surface area contributed by atoms with Gasteiger partial charge in [-0.2, -0.15) is 0 Å². The Kier molecular flexibility index (Phi) is 16.8. The summed E-state index contributed by atoms with van der Waals surface area (Å²) in [4.78, 5) is 0. The lowest BCUT2D eigenvalue weighted by Gasteiger charge is -2.30. The fourth-order valence-electron chi connectivity index (χ4n) is 4.91. The van der Waals surface area contributed by atoms with Gasteiger partial charge >= 0.3 is 0 Å². The molecule has 0 heterocycles. The monoisotopic (exact) mass is 636 g/mol. The molecule has 4 atom stereocenters. The van der Waals surface area contributed by atoms with Crippen molar-refractivity contribution in [2.24, 2.45) is 0 Å². The molecule has 2 rings (SSSR count). The number of rotatable bonds is 22. The minimum atomic E-state index is -0.568. The largest absolute Gasteiger partial charge is 0.507 e. The number of hydrogen-bond acceptors (Lipinski definition) is 10. The van der Waals surface area contributed by atoms with Crippen molar-refractivity contribution in [1.82, 2.24) is 0 Å². The van der Waals surface area contributed by atoms with Crippen molar-refractivity contribution in [3.8, 4) is 11.5 Å². The number of methoxy groups -OCH3 is 4. The first-order valence-electron chi connectivity index (χ1n) is 15.5. The van der Waals surface area contributed by atoms with Crippen LogP contribution < -0.4 is 0 Å². The van der Waals surface area contributed by atoms with Gasteiger partial charge in [0.2, 0.25) is 0 Å². The molecule has 0 fully saturated rings. The van der Waals surface area contributed by atoms with Crippen LogP contribution >= 0.6 is 0 Å². The van der Waals surface area contributed by atoms with Gasteiger partial charge in [0.25, 0.3) is 0 Å². The SMILES string of the molecule is COCC(C)OCc1cc(C(C)(C)c2cc(COC(C)COC)c(O)c(COC(C)COC)c2)cc(COC(C)COC)c1O. The van der Waals surface area contributed by atoms with Gasteiger partial charge in [0.05, 0.1) is 77.3 Å². The van der Waals surface area contributed by atoms with Gasteiger partial charge in [-0.15, -0.1) is 0 Å². The maximum absolute atomic E-state index is 11.3. The number of phenolic OH excluding ortho intramolecular Hbond substituents is 2. The van der Waals surface area contributed by atoms with Crippen LogP contribution in [0.5, 0.6) is 11.5 Å². The number of benzene rings is 2. The summed E-state index contributed by atoms with van der Waals surface area (Å²) in [6.45, 7) is 14.5. The standard InChI is InChI=1S/C35H56O10/c1-23(15-38-7)42-19-27-11-31(12-28(33(27)36)20-43-24(2)16-39-8)35(5,6)32-13-29(21-44-25(3)17-40-9)34(37)30(14-32)22-45-26(4)18-41-10/h11-14,23-26,36-37H,15-22H2,1-10H3. The van der Waals surface area contributed by atoms with Crippen molar-refractivity contribution >= 4 is 0 Å². The molecule has 0 saturated carbocycles.